The molecule has 0 bridgehead atoms. The van der Waals surface area contributed by atoms with Crippen LogP contribution >= 0.6 is 0 Å². The van der Waals surface area contributed by atoms with Crippen molar-refractivity contribution in [1.29, 1.82) is 0 Å². The molecule has 2 aromatic rings. The van der Waals surface area contributed by atoms with E-state index >= 15 is 0 Å². The standard InChI is InChI=1S/C15H21N5O2.2C2HF3O2/c1-4-22-9-12-8-20(7-11-6-19(2)18-15(11)12)13-5-14(21-3)17-10-16-13;2*3-2(4,5)1(6)7/h5-6,10,12H,4,7-9H2,1-3H3;2*(H,6,7). The van der Waals surface area contributed by atoms with Crippen LogP contribution in [0.15, 0.2) is 18.6 Å². The van der Waals surface area contributed by atoms with Gasteiger partial charge in [-0.05, 0) is 6.92 Å². The Hall–Kier alpha value is -3.63. The highest BCUT2D eigenvalue weighted by Crippen LogP contribution is 2.30. The van der Waals surface area contributed by atoms with Gasteiger partial charge in [0.2, 0.25) is 5.88 Å². The lowest BCUT2D eigenvalue weighted by atomic mass is 9.97. The summed E-state index contributed by atoms with van der Waals surface area (Å²) in [4.78, 5) is 28.5. The predicted octanol–water partition coefficient (Wildman–Crippen LogP) is 2.63. The number of hydrogen-bond acceptors (Lipinski definition) is 8. The van der Waals surface area contributed by atoms with Gasteiger partial charge >= 0.3 is 24.3 Å². The van der Waals surface area contributed by atoms with E-state index in [4.69, 9.17) is 29.3 Å². The van der Waals surface area contributed by atoms with Crippen molar-refractivity contribution in [3.05, 3.63) is 29.8 Å². The highest BCUT2D eigenvalue weighted by molar-refractivity contribution is 5.73. The van der Waals surface area contributed by atoms with Crippen molar-refractivity contribution in [2.24, 2.45) is 7.05 Å². The summed E-state index contributed by atoms with van der Waals surface area (Å²) in [6.07, 6.45) is -6.57. The van der Waals surface area contributed by atoms with Gasteiger partial charge in [0.1, 0.15) is 12.1 Å². The third-order valence-corrected chi connectivity index (χ3v) is 4.29. The van der Waals surface area contributed by atoms with E-state index in [2.05, 4.69) is 26.2 Å². The first-order valence-electron chi connectivity index (χ1n) is 9.91. The van der Waals surface area contributed by atoms with Gasteiger partial charge in [-0.25, -0.2) is 19.6 Å². The lowest BCUT2D eigenvalue weighted by Crippen LogP contribution is -2.35. The van der Waals surface area contributed by atoms with Gasteiger partial charge in [0.15, 0.2) is 0 Å². The van der Waals surface area contributed by atoms with Crippen molar-refractivity contribution < 1.29 is 55.6 Å². The summed E-state index contributed by atoms with van der Waals surface area (Å²) in [5.41, 5.74) is 2.35. The summed E-state index contributed by atoms with van der Waals surface area (Å²) < 4.78 is 76.2. The second kappa shape index (κ2) is 12.9. The topological polar surface area (TPSA) is 140 Å². The molecule has 3 rings (SSSR count). The van der Waals surface area contributed by atoms with Crippen LogP contribution in [0.5, 0.6) is 5.88 Å². The number of alkyl halides is 6. The number of carboxylic acid groups (broad SMARTS) is 2. The minimum atomic E-state index is -5.08. The Morgan fingerprint density at radius 2 is 1.67 bits per heavy atom. The monoisotopic (exact) mass is 531 g/mol. The average Bonchev–Trinajstić information content (AvgIpc) is 3.17. The van der Waals surface area contributed by atoms with E-state index in [1.165, 1.54) is 11.9 Å². The van der Waals surface area contributed by atoms with Crippen molar-refractivity contribution >= 4 is 17.8 Å². The molecule has 1 aliphatic rings. The van der Waals surface area contributed by atoms with Crippen molar-refractivity contribution in [3.63, 3.8) is 0 Å². The highest BCUT2D eigenvalue weighted by atomic mass is 19.4. The number of aliphatic carboxylic acids is 2. The molecule has 3 heterocycles. The minimum Gasteiger partial charge on any atom is -0.481 e. The van der Waals surface area contributed by atoms with Gasteiger partial charge in [0.25, 0.3) is 0 Å². The van der Waals surface area contributed by atoms with Gasteiger partial charge in [0.05, 0.1) is 19.4 Å². The Morgan fingerprint density at radius 3 is 2.14 bits per heavy atom. The molecule has 2 N–H and O–H groups in total. The zero-order chi connectivity index (χ0) is 27.7. The third kappa shape index (κ3) is 9.55. The summed E-state index contributed by atoms with van der Waals surface area (Å²) in [5, 5.41) is 18.8. The molecule has 0 radical (unpaired) electrons. The summed E-state index contributed by atoms with van der Waals surface area (Å²) in [6.45, 7) is 4.99. The molecule has 2 aromatic heterocycles. The van der Waals surface area contributed by atoms with Gasteiger partial charge in [0, 0.05) is 50.5 Å². The first-order valence-corrected chi connectivity index (χ1v) is 9.91. The fourth-order valence-electron chi connectivity index (χ4n) is 2.82. The molecule has 1 unspecified atom stereocenters. The number of halogens is 6. The van der Waals surface area contributed by atoms with Gasteiger partial charge in [-0.15, -0.1) is 0 Å². The van der Waals surface area contributed by atoms with Crippen molar-refractivity contribution in [3.8, 4) is 5.88 Å². The predicted molar refractivity (Wildman–Crippen MR) is 109 cm³/mol. The van der Waals surface area contributed by atoms with E-state index in [-0.39, 0.29) is 5.92 Å². The number of hydrogen-bond donors (Lipinski definition) is 2. The summed E-state index contributed by atoms with van der Waals surface area (Å²) in [5.74, 6) is -3.84. The number of rotatable bonds is 5. The Bertz CT molecular complexity index is 989. The second-order valence-electron chi connectivity index (χ2n) is 6.97. The minimum absolute atomic E-state index is 0.242. The van der Waals surface area contributed by atoms with Crippen LogP contribution in [0.2, 0.25) is 0 Å². The lowest BCUT2D eigenvalue weighted by molar-refractivity contribution is -0.193. The van der Waals surface area contributed by atoms with Gasteiger partial charge in [-0.2, -0.15) is 31.4 Å². The molecule has 0 amide bonds. The first kappa shape index (κ1) is 30.4. The SMILES string of the molecule is CCOCC1CN(c2cc(OC)ncn2)Cc2cn(C)nc21.O=C(O)C(F)(F)F.O=C(O)C(F)(F)F. The number of anilines is 1. The van der Waals surface area contributed by atoms with Crippen LogP contribution in [0.4, 0.5) is 32.2 Å². The number of fused-ring (bicyclic) bond motifs is 1. The van der Waals surface area contributed by atoms with Crippen molar-refractivity contribution in [2.75, 3.05) is 31.8 Å². The van der Waals surface area contributed by atoms with Crippen LogP contribution in [0.25, 0.3) is 0 Å². The van der Waals surface area contributed by atoms with E-state index in [1.54, 1.807) is 7.11 Å². The van der Waals surface area contributed by atoms with Crippen LogP contribution < -0.4 is 9.64 Å². The maximum atomic E-state index is 10.6. The van der Waals surface area contributed by atoms with E-state index in [9.17, 15) is 26.3 Å². The Kier molecular flexibility index (Phi) is 10.9. The first-order chi connectivity index (χ1) is 16.6. The van der Waals surface area contributed by atoms with Crippen LogP contribution in [-0.2, 0) is 27.9 Å². The second-order valence-corrected chi connectivity index (χ2v) is 6.97. The molecule has 0 aliphatic carbocycles. The average molecular weight is 531 g/mol. The van der Waals surface area contributed by atoms with E-state index in [0.717, 1.165) is 24.6 Å². The maximum Gasteiger partial charge on any atom is 0.490 e. The number of methoxy groups -OCH3 is 1. The van der Waals surface area contributed by atoms with Crippen molar-refractivity contribution in [1.82, 2.24) is 19.7 Å². The maximum absolute atomic E-state index is 10.6. The molecule has 17 heteroatoms. The van der Waals surface area contributed by atoms with Crippen LogP contribution in [0.3, 0.4) is 0 Å². The molecular formula is C19H23F6N5O6. The molecule has 0 saturated carbocycles. The quantitative estimate of drug-likeness (QED) is 0.554. The molecule has 1 atom stereocenters. The number of aromatic nitrogens is 4. The van der Waals surface area contributed by atoms with E-state index < -0.39 is 24.3 Å². The van der Waals surface area contributed by atoms with E-state index in [1.807, 2.05) is 24.7 Å². The number of aryl methyl sites for hydroxylation is 1. The highest BCUT2D eigenvalue weighted by Gasteiger charge is 2.39. The third-order valence-electron chi connectivity index (χ3n) is 4.29. The summed E-state index contributed by atoms with van der Waals surface area (Å²) in [6, 6.07) is 1.86. The zero-order valence-corrected chi connectivity index (χ0v) is 19.2. The molecule has 36 heavy (non-hydrogen) atoms. The number of ether oxygens (including phenoxy) is 2. The largest absolute Gasteiger partial charge is 0.490 e. The summed E-state index contributed by atoms with van der Waals surface area (Å²) in [7, 11) is 3.56. The number of carboxylic acids is 2. The van der Waals surface area contributed by atoms with E-state index in [0.29, 0.717) is 19.1 Å². The van der Waals surface area contributed by atoms with Gasteiger partial charge in [-0.1, -0.05) is 0 Å². The fraction of sp³-hybridized carbons (Fsp3) is 0.526. The Balaban J connectivity index is 0.000000383. The summed E-state index contributed by atoms with van der Waals surface area (Å²) >= 11 is 0. The van der Waals surface area contributed by atoms with Crippen LogP contribution in [0.1, 0.15) is 24.1 Å². The van der Waals surface area contributed by atoms with Gasteiger partial charge in [-0.3, -0.25) is 4.68 Å². The van der Waals surface area contributed by atoms with Gasteiger partial charge < -0.3 is 24.6 Å². The van der Waals surface area contributed by atoms with Crippen LogP contribution in [-0.4, -0.2) is 81.1 Å². The molecule has 11 nitrogen and oxygen atoms in total. The zero-order valence-electron chi connectivity index (χ0n) is 19.2. The molecular weight excluding hydrogens is 508 g/mol. The fourth-order valence-corrected chi connectivity index (χ4v) is 2.82. The lowest BCUT2D eigenvalue weighted by Gasteiger charge is -2.32. The number of carbonyl (C=O) groups is 2. The normalized spacial score (nSPS) is 15.0. The Labute approximate surface area is 200 Å². The molecule has 1 aliphatic heterocycles. The Morgan fingerprint density at radius 1 is 1.11 bits per heavy atom. The van der Waals surface area contributed by atoms with Crippen molar-refractivity contribution in [2.45, 2.75) is 31.7 Å². The molecule has 0 aromatic carbocycles. The molecule has 202 valence electrons. The molecule has 0 saturated heterocycles. The number of nitrogens with zero attached hydrogens (tertiary/aromatic N) is 5. The molecule has 0 spiro atoms. The molecule has 0 fully saturated rings. The smallest absolute Gasteiger partial charge is 0.481 e. The van der Waals surface area contributed by atoms with Crippen LogP contribution in [0, 0.1) is 0 Å².